The molecule has 5 N–H and O–H groups in total. The standard InChI is InChI=1S/C18H22F3N7O/c19-13-10-15(21)14(20)8-11(13)7-12(22)9-16(29)27-3-5-28(6-4-27)17(23)26-18-24-1-2-25-18/h1-2,8,10,12H,3-7,9,22H2,(H3,23,24,25,26)/t12-/m1/s1. The number of imidazole rings is 1. The Hall–Kier alpha value is -3.08. The Morgan fingerprint density at radius 3 is 2.45 bits per heavy atom. The van der Waals surface area contributed by atoms with Crippen molar-refractivity contribution in [3.8, 4) is 0 Å². The van der Waals surface area contributed by atoms with Crippen LogP contribution in [0.1, 0.15) is 12.0 Å². The highest BCUT2D eigenvalue weighted by Crippen LogP contribution is 2.16. The molecule has 2 heterocycles. The van der Waals surface area contributed by atoms with Gasteiger partial charge in [-0.2, -0.15) is 4.99 Å². The van der Waals surface area contributed by atoms with Crippen molar-refractivity contribution in [1.82, 2.24) is 19.8 Å². The Labute approximate surface area is 165 Å². The Balaban J connectivity index is 1.50. The van der Waals surface area contributed by atoms with E-state index in [1.807, 2.05) is 4.90 Å². The van der Waals surface area contributed by atoms with Crippen molar-refractivity contribution in [3.05, 3.63) is 47.5 Å². The lowest BCUT2D eigenvalue weighted by Gasteiger charge is -2.35. The molecule has 156 valence electrons. The summed E-state index contributed by atoms with van der Waals surface area (Å²) in [6.45, 7) is 1.85. The third-order valence-electron chi connectivity index (χ3n) is 4.67. The van der Waals surface area contributed by atoms with Crippen LogP contribution in [0.3, 0.4) is 0 Å². The number of guanidine groups is 1. The summed E-state index contributed by atoms with van der Waals surface area (Å²) in [5.41, 5.74) is 11.8. The molecule has 0 radical (unpaired) electrons. The minimum atomic E-state index is -1.26. The van der Waals surface area contributed by atoms with Crippen LogP contribution in [0.5, 0.6) is 0 Å². The highest BCUT2D eigenvalue weighted by Gasteiger charge is 2.24. The zero-order valence-electron chi connectivity index (χ0n) is 15.6. The van der Waals surface area contributed by atoms with Gasteiger partial charge in [0, 0.05) is 57.1 Å². The van der Waals surface area contributed by atoms with Gasteiger partial charge in [-0.25, -0.2) is 18.2 Å². The lowest BCUT2D eigenvalue weighted by atomic mass is 10.0. The van der Waals surface area contributed by atoms with Crippen molar-refractivity contribution in [2.24, 2.45) is 16.5 Å². The first kappa shape index (κ1) is 20.6. The van der Waals surface area contributed by atoms with Gasteiger partial charge in [-0.3, -0.25) is 4.79 Å². The van der Waals surface area contributed by atoms with E-state index in [-0.39, 0.29) is 24.3 Å². The van der Waals surface area contributed by atoms with Crippen LogP contribution in [0.15, 0.2) is 29.5 Å². The lowest BCUT2D eigenvalue weighted by molar-refractivity contribution is -0.132. The second-order valence-electron chi connectivity index (χ2n) is 6.78. The van der Waals surface area contributed by atoms with Crippen molar-refractivity contribution in [1.29, 1.82) is 0 Å². The van der Waals surface area contributed by atoms with Crippen molar-refractivity contribution < 1.29 is 18.0 Å². The molecule has 1 aliphatic rings. The first-order chi connectivity index (χ1) is 13.8. The number of rotatable bonds is 5. The third kappa shape index (κ3) is 5.25. The predicted molar refractivity (Wildman–Crippen MR) is 101 cm³/mol. The van der Waals surface area contributed by atoms with Crippen molar-refractivity contribution in [2.45, 2.75) is 18.9 Å². The normalized spacial score (nSPS) is 16.2. The molecule has 0 aliphatic carbocycles. The minimum Gasteiger partial charge on any atom is -0.369 e. The summed E-state index contributed by atoms with van der Waals surface area (Å²) in [5.74, 6) is -2.78. The van der Waals surface area contributed by atoms with Gasteiger partial charge in [0.05, 0.1) is 0 Å². The number of hydrogen-bond donors (Lipinski definition) is 3. The number of halogens is 3. The fourth-order valence-corrected chi connectivity index (χ4v) is 3.11. The molecule has 8 nitrogen and oxygen atoms in total. The highest BCUT2D eigenvalue weighted by atomic mass is 19.2. The maximum absolute atomic E-state index is 13.7. The fourth-order valence-electron chi connectivity index (χ4n) is 3.11. The highest BCUT2D eigenvalue weighted by molar-refractivity contribution is 5.81. The molecular formula is C18H22F3N7O. The van der Waals surface area contributed by atoms with E-state index < -0.39 is 23.5 Å². The summed E-state index contributed by atoms with van der Waals surface area (Å²) >= 11 is 0. The summed E-state index contributed by atoms with van der Waals surface area (Å²) in [6.07, 6.45) is 3.10. The Morgan fingerprint density at radius 1 is 1.14 bits per heavy atom. The van der Waals surface area contributed by atoms with E-state index in [4.69, 9.17) is 11.5 Å². The third-order valence-corrected chi connectivity index (χ3v) is 4.67. The number of nitrogens with two attached hydrogens (primary N) is 2. The second-order valence-corrected chi connectivity index (χ2v) is 6.78. The van der Waals surface area contributed by atoms with Crippen LogP contribution in [0.2, 0.25) is 0 Å². The average molecular weight is 409 g/mol. The summed E-state index contributed by atoms with van der Waals surface area (Å²) in [7, 11) is 0. The van der Waals surface area contributed by atoms with Gasteiger partial charge in [-0.15, -0.1) is 0 Å². The van der Waals surface area contributed by atoms with Gasteiger partial charge < -0.3 is 26.3 Å². The summed E-state index contributed by atoms with van der Waals surface area (Å²) in [6, 6.07) is 0.535. The zero-order valence-corrected chi connectivity index (χ0v) is 15.6. The number of carbonyl (C=O) groups excluding carboxylic acids is 1. The van der Waals surface area contributed by atoms with Crippen molar-refractivity contribution >= 4 is 17.8 Å². The number of nitrogens with one attached hydrogen (secondary N) is 1. The number of H-pyrrole nitrogens is 1. The average Bonchev–Trinajstić information content (AvgIpc) is 3.19. The summed E-state index contributed by atoms with van der Waals surface area (Å²) < 4.78 is 40.1. The molecule has 1 aromatic heterocycles. The number of aromatic amines is 1. The maximum atomic E-state index is 13.7. The molecule has 0 unspecified atom stereocenters. The number of hydrogen-bond acceptors (Lipinski definition) is 4. The summed E-state index contributed by atoms with van der Waals surface area (Å²) in [5, 5.41) is 0. The molecule has 3 rings (SSSR count). The van der Waals surface area contributed by atoms with E-state index in [0.717, 1.165) is 6.07 Å². The number of carbonyl (C=O) groups is 1. The molecule has 0 saturated carbocycles. The second kappa shape index (κ2) is 8.95. The Morgan fingerprint density at radius 2 is 1.79 bits per heavy atom. The Bertz CT molecular complexity index is 880. The van der Waals surface area contributed by atoms with Gasteiger partial charge in [0.1, 0.15) is 5.82 Å². The molecule has 1 amide bonds. The van der Waals surface area contributed by atoms with Gasteiger partial charge in [0.25, 0.3) is 0 Å². The van der Waals surface area contributed by atoms with E-state index in [0.29, 0.717) is 44.2 Å². The number of nitrogens with zero attached hydrogens (tertiary/aromatic N) is 4. The molecule has 1 saturated heterocycles. The van der Waals surface area contributed by atoms with Gasteiger partial charge in [0.15, 0.2) is 17.6 Å². The van der Waals surface area contributed by atoms with E-state index in [9.17, 15) is 18.0 Å². The van der Waals surface area contributed by atoms with Crippen LogP contribution in [-0.4, -0.2) is 63.9 Å². The topological polar surface area (TPSA) is 117 Å². The number of piperazine rings is 1. The van der Waals surface area contributed by atoms with E-state index in [1.165, 1.54) is 0 Å². The van der Waals surface area contributed by atoms with Crippen LogP contribution in [0.4, 0.5) is 19.1 Å². The smallest absolute Gasteiger partial charge is 0.230 e. The van der Waals surface area contributed by atoms with Crippen LogP contribution in [0.25, 0.3) is 0 Å². The molecular weight excluding hydrogens is 387 g/mol. The molecule has 1 aliphatic heterocycles. The van der Waals surface area contributed by atoms with Crippen LogP contribution in [-0.2, 0) is 11.2 Å². The van der Waals surface area contributed by atoms with E-state index in [2.05, 4.69) is 15.0 Å². The summed E-state index contributed by atoms with van der Waals surface area (Å²) in [4.78, 5) is 26.9. The number of benzene rings is 1. The number of aromatic nitrogens is 2. The first-order valence-corrected chi connectivity index (χ1v) is 9.08. The van der Waals surface area contributed by atoms with Crippen molar-refractivity contribution in [3.63, 3.8) is 0 Å². The molecule has 0 spiro atoms. The monoisotopic (exact) mass is 409 g/mol. The molecule has 0 bridgehead atoms. The van der Waals surface area contributed by atoms with Gasteiger partial charge in [-0.1, -0.05) is 0 Å². The quantitative estimate of drug-likeness (QED) is 0.385. The van der Waals surface area contributed by atoms with Gasteiger partial charge >= 0.3 is 0 Å². The molecule has 11 heteroatoms. The zero-order chi connectivity index (χ0) is 21.0. The predicted octanol–water partition coefficient (Wildman–Crippen LogP) is 0.878. The molecule has 1 fully saturated rings. The molecule has 1 atom stereocenters. The molecule has 2 aromatic rings. The van der Waals surface area contributed by atoms with E-state index >= 15 is 0 Å². The van der Waals surface area contributed by atoms with Crippen molar-refractivity contribution in [2.75, 3.05) is 26.2 Å². The SMILES string of the molecule is N/C(=N\c1ncc[nH]1)N1CCN(C(=O)C[C@H](N)Cc2cc(F)c(F)cc2F)CC1. The number of aliphatic imine (C=N–C) groups is 1. The minimum absolute atomic E-state index is 0.0333. The maximum Gasteiger partial charge on any atom is 0.230 e. The van der Waals surface area contributed by atoms with Gasteiger partial charge in [-0.05, 0) is 18.1 Å². The van der Waals surface area contributed by atoms with Gasteiger partial charge in [0.2, 0.25) is 11.9 Å². The van der Waals surface area contributed by atoms with Crippen LogP contribution >= 0.6 is 0 Å². The van der Waals surface area contributed by atoms with E-state index in [1.54, 1.807) is 17.3 Å². The first-order valence-electron chi connectivity index (χ1n) is 9.08. The lowest BCUT2D eigenvalue weighted by Crippen LogP contribution is -2.53. The molecule has 1 aromatic carbocycles. The fraction of sp³-hybridized carbons (Fsp3) is 0.389. The number of amides is 1. The van der Waals surface area contributed by atoms with Crippen LogP contribution in [0, 0.1) is 17.5 Å². The molecule has 29 heavy (non-hydrogen) atoms. The largest absolute Gasteiger partial charge is 0.369 e. The van der Waals surface area contributed by atoms with Crippen LogP contribution < -0.4 is 11.5 Å². The Kier molecular flexibility index (Phi) is 6.37.